The zero-order valence-corrected chi connectivity index (χ0v) is 26.0. The Morgan fingerprint density at radius 3 is 2.47 bits per heavy atom. The Kier molecular flexibility index (Phi) is 10.4. The molecule has 3 aromatic carbocycles. The second kappa shape index (κ2) is 14.2. The quantitative estimate of drug-likeness (QED) is 0.182. The lowest BCUT2D eigenvalue weighted by Crippen LogP contribution is -2.54. The van der Waals surface area contributed by atoms with Gasteiger partial charge in [-0.25, -0.2) is 9.69 Å². The maximum Gasteiger partial charge on any atom is 0.335 e. The third-order valence-corrected chi connectivity index (χ3v) is 7.04. The van der Waals surface area contributed by atoms with Gasteiger partial charge in [0.25, 0.3) is 17.7 Å². The summed E-state index contributed by atoms with van der Waals surface area (Å²) in [6.45, 7) is 6.05. The average molecular weight is 671 g/mol. The van der Waals surface area contributed by atoms with Gasteiger partial charge < -0.3 is 19.5 Å². The van der Waals surface area contributed by atoms with Crippen LogP contribution in [-0.2, 0) is 14.4 Å². The molecule has 0 unspecified atom stereocenters. The van der Waals surface area contributed by atoms with Crippen molar-refractivity contribution in [3.8, 4) is 17.2 Å². The zero-order valence-electron chi connectivity index (χ0n) is 23.7. The minimum absolute atomic E-state index is 0.187. The van der Waals surface area contributed by atoms with Crippen LogP contribution in [0.3, 0.4) is 0 Å². The molecule has 0 atom stereocenters. The summed E-state index contributed by atoms with van der Waals surface area (Å²) in [5, 5.41) is 5.43. The molecule has 5 amide bonds. The van der Waals surface area contributed by atoms with Crippen molar-refractivity contribution in [1.82, 2.24) is 5.32 Å². The third kappa shape index (κ3) is 7.74. The van der Waals surface area contributed by atoms with E-state index in [1.165, 1.54) is 18.2 Å². The number of hydrogen-bond acceptors (Lipinski definition) is 7. The molecule has 0 saturated carbocycles. The van der Waals surface area contributed by atoms with Gasteiger partial charge in [0.05, 0.1) is 18.9 Å². The number of urea groups is 1. The van der Waals surface area contributed by atoms with E-state index in [1.54, 1.807) is 49.4 Å². The number of nitrogens with zero attached hydrogens (tertiary/aromatic N) is 1. The molecular weight excluding hydrogens is 642 g/mol. The van der Waals surface area contributed by atoms with E-state index in [2.05, 4.69) is 26.6 Å². The number of halogens is 2. The predicted octanol–water partition coefficient (Wildman–Crippen LogP) is 6.28. The molecule has 0 spiro atoms. The topological polar surface area (TPSA) is 123 Å². The summed E-state index contributed by atoms with van der Waals surface area (Å²) in [6, 6.07) is 13.8. The lowest BCUT2D eigenvalue weighted by Gasteiger charge is -2.27. The smallest absolute Gasteiger partial charge is 0.335 e. The number of nitrogens with one attached hydrogen (secondary N) is 2. The first-order valence-electron chi connectivity index (χ1n) is 13.4. The van der Waals surface area contributed by atoms with Crippen LogP contribution in [0, 0.1) is 6.92 Å². The van der Waals surface area contributed by atoms with Crippen molar-refractivity contribution in [2.24, 2.45) is 0 Å². The molecule has 1 aliphatic heterocycles. The Bertz CT molecular complexity index is 1610. The van der Waals surface area contributed by atoms with Crippen LogP contribution < -0.4 is 29.7 Å². The van der Waals surface area contributed by atoms with E-state index in [0.717, 1.165) is 16.9 Å². The van der Waals surface area contributed by atoms with Gasteiger partial charge >= 0.3 is 6.03 Å². The molecule has 0 aromatic heterocycles. The maximum absolute atomic E-state index is 13.6. The number of rotatable bonds is 11. The molecule has 4 rings (SSSR count). The summed E-state index contributed by atoms with van der Waals surface area (Å²) >= 11 is 9.52. The fraction of sp³-hybridized carbons (Fsp3) is 0.226. The Balaban J connectivity index is 1.59. The normalized spacial score (nSPS) is 14.0. The summed E-state index contributed by atoms with van der Waals surface area (Å²) in [6.07, 6.45) is 2.08. The number of imide groups is 2. The van der Waals surface area contributed by atoms with Crippen molar-refractivity contribution in [2.75, 3.05) is 30.0 Å². The van der Waals surface area contributed by atoms with Gasteiger partial charge in [0, 0.05) is 26.8 Å². The largest absolute Gasteiger partial charge is 0.490 e. The monoisotopic (exact) mass is 669 g/mol. The number of barbiturate groups is 1. The Hall–Kier alpha value is -4.35. The molecule has 0 radical (unpaired) electrons. The van der Waals surface area contributed by atoms with Crippen LogP contribution >= 0.6 is 27.5 Å². The van der Waals surface area contributed by atoms with E-state index in [-0.39, 0.29) is 23.6 Å². The molecule has 3 aromatic rings. The van der Waals surface area contributed by atoms with Crippen LogP contribution in [0.15, 0.2) is 64.6 Å². The van der Waals surface area contributed by atoms with Crippen LogP contribution in [0.1, 0.15) is 31.4 Å². The van der Waals surface area contributed by atoms with Crippen LogP contribution in [0.4, 0.5) is 16.2 Å². The fourth-order valence-electron chi connectivity index (χ4n) is 4.06. The van der Waals surface area contributed by atoms with Crippen LogP contribution in [0.25, 0.3) is 6.08 Å². The lowest BCUT2D eigenvalue weighted by atomic mass is 10.1. The van der Waals surface area contributed by atoms with Gasteiger partial charge in [0.2, 0.25) is 0 Å². The summed E-state index contributed by atoms with van der Waals surface area (Å²) in [7, 11) is 0. The van der Waals surface area contributed by atoms with Crippen molar-refractivity contribution >= 4 is 68.7 Å². The standard InChI is InChI=1S/C31H29BrClN3O7/c1-4-12-42-26-11-9-22(16-27(26)41-5-2)36-30(39)23(29(38)35-31(36)40)14-19-13-20(32)7-10-25(19)43-17-28(37)34-21-8-6-18(3)24(33)15-21/h6-11,13-16H,4-5,12,17H2,1-3H3,(H,34,37)(H,35,38,40)/b23-14+. The van der Waals surface area contributed by atoms with Gasteiger partial charge in [0.1, 0.15) is 11.3 Å². The second-order valence-electron chi connectivity index (χ2n) is 9.35. The number of benzene rings is 3. The fourth-order valence-corrected chi connectivity index (χ4v) is 4.62. The third-order valence-electron chi connectivity index (χ3n) is 6.13. The summed E-state index contributed by atoms with van der Waals surface area (Å²) in [4.78, 5) is 52.6. The Morgan fingerprint density at radius 2 is 1.74 bits per heavy atom. The van der Waals surface area contributed by atoms with Gasteiger partial charge in [-0.15, -0.1) is 0 Å². The molecule has 12 heteroatoms. The highest BCUT2D eigenvalue weighted by molar-refractivity contribution is 9.10. The highest BCUT2D eigenvalue weighted by atomic mass is 79.9. The summed E-state index contributed by atoms with van der Waals surface area (Å²) in [5.41, 5.74) is 1.58. The number of ether oxygens (including phenoxy) is 3. The van der Waals surface area contributed by atoms with Crippen molar-refractivity contribution in [1.29, 1.82) is 0 Å². The van der Waals surface area contributed by atoms with E-state index in [1.807, 2.05) is 13.8 Å². The van der Waals surface area contributed by atoms with Gasteiger partial charge in [-0.1, -0.05) is 40.5 Å². The average Bonchev–Trinajstić information content (AvgIpc) is 2.96. The van der Waals surface area contributed by atoms with E-state index in [0.29, 0.717) is 45.5 Å². The van der Waals surface area contributed by atoms with Gasteiger partial charge in [-0.3, -0.25) is 19.7 Å². The molecule has 1 heterocycles. The van der Waals surface area contributed by atoms with Crippen molar-refractivity contribution in [3.63, 3.8) is 0 Å². The van der Waals surface area contributed by atoms with Gasteiger partial charge in [-0.05, 0) is 74.4 Å². The molecule has 2 N–H and O–H groups in total. The maximum atomic E-state index is 13.6. The van der Waals surface area contributed by atoms with E-state index in [9.17, 15) is 19.2 Å². The molecule has 224 valence electrons. The van der Waals surface area contributed by atoms with E-state index in [4.69, 9.17) is 25.8 Å². The number of aryl methyl sites for hydroxylation is 1. The first-order valence-corrected chi connectivity index (χ1v) is 14.6. The minimum Gasteiger partial charge on any atom is -0.490 e. The van der Waals surface area contributed by atoms with Crippen molar-refractivity contribution < 1.29 is 33.4 Å². The molecule has 43 heavy (non-hydrogen) atoms. The first kappa shape index (κ1) is 31.6. The highest BCUT2D eigenvalue weighted by Gasteiger charge is 2.37. The van der Waals surface area contributed by atoms with E-state index >= 15 is 0 Å². The number of anilines is 2. The Morgan fingerprint density at radius 1 is 0.977 bits per heavy atom. The number of amides is 5. The van der Waals surface area contributed by atoms with Crippen LogP contribution in [0.2, 0.25) is 5.02 Å². The molecule has 1 aliphatic rings. The highest BCUT2D eigenvalue weighted by Crippen LogP contribution is 2.34. The van der Waals surface area contributed by atoms with Crippen LogP contribution in [-0.4, -0.2) is 43.6 Å². The SMILES string of the molecule is CCCOc1ccc(N2C(=O)NC(=O)/C(=C\c3cc(Br)ccc3OCC(=O)Nc3ccc(C)c(Cl)c3)C2=O)cc1OCC. The molecule has 1 fully saturated rings. The predicted molar refractivity (Wildman–Crippen MR) is 167 cm³/mol. The molecule has 0 aliphatic carbocycles. The zero-order chi connectivity index (χ0) is 31.1. The van der Waals surface area contributed by atoms with Gasteiger partial charge in [0.15, 0.2) is 18.1 Å². The summed E-state index contributed by atoms with van der Waals surface area (Å²) < 4.78 is 17.8. The van der Waals surface area contributed by atoms with Crippen molar-refractivity contribution in [2.45, 2.75) is 27.2 Å². The molecule has 0 bridgehead atoms. The molecule has 10 nitrogen and oxygen atoms in total. The number of carbonyl (C=O) groups is 4. The summed E-state index contributed by atoms with van der Waals surface area (Å²) in [5.74, 6) is -1.12. The lowest BCUT2D eigenvalue weighted by molar-refractivity contribution is -0.122. The van der Waals surface area contributed by atoms with E-state index < -0.39 is 23.8 Å². The Labute approximate surface area is 262 Å². The second-order valence-corrected chi connectivity index (χ2v) is 10.7. The van der Waals surface area contributed by atoms with Crippen molar-refractivity contribution in [3.05, 3.63) is 80.8 Å². The number of carbonyl (C=O) groups excluding carboxylic acids is 4. The molecular formula is C31H29BrClN3O7. The van der Waals surface area contributed by atoms with Crippen LogP contribution in [0.5, 0.6) is 17.2 Å². The molecule has 1 saturated heterocycles. The van der Waals surface area contributed by atoms with Gasteiger partial charge in [-0.2, -0.15) is 0 Å². The minimum atomic E-state index is -0.907. The first-order chi connectivity index (χ1) is 20.6. The number of hydrogen-bond donors (Lipinski definition) is 2.